The Morgan fingerprint density at radius 3 is 2.87 bits per heavy atom. The first-order valence-corrected chi connectivity index (χ1v) is 10.2. The zero-order chi connectivity index (χ0) is 21.3. The third kappa shape index (κ3) is 3.73. The molecule has 0 aliphatic carbocycles. The molecule has 0 unspecified atom stereocenters. The van der Waals surface area contributed by atoms with Crippen LogP contribution in [0.5, 0.6) is 11.5 Å². The van der Waals surface area contributed by atoms with Crippen LogP contribution < -0.4 is 20.1 Å². The van der Waals surface area contributed by atoms with Crippen molar-refractivity contribution in [3.63, 3.8) is 0 Å². The molecule has 0 saturated heterocycles. The number of hydrogen-bond donors (Lipinski definition) is 2. The summed E-state index contributed by atoms with van der Waals surface area (Å²) in [4.78, 5) is 30.0. The molecule has 10 heteroatoms. The summed E-state index contributed by atoms with van der Waals surface area (Å²) >= 11 is 1.18. The Balaban J connectivity index is 1.61. The summed E-state index contributed by atoms with van der Waals surface area (Å²) in [5.41, 5.74) is 2.36. The Hall–Kier alpha value is -3.40. The van der Waals surface area contributed by atoms with Gasteiger partial charge in [-0.15, -0.1) is 0 Å². The number of methoxy groups -OCH3 is 2. The minimum absolute atomic E-state index is 0.145. The third-order valence-electron chi connectivity index (χ3n) is 4.79. The molecule has 4 rings (SSSR count). The maximum Gasteiger partial charge on any atom is 0.275 e. The Labute approximate surface area is 177 Å². The number of fused-ring (bicyclic) bond motifs is 1. The van der Waals surface area contributed by atoms with Crippen molar-refractivity contribution < 1.29 is 19.1 Å². The molecule has 0 saturated carbocycles. The number of carbonyl (C=O) groups excluding carboxylic acids is 2. The van der Waals surface area contributed by atoms with E-state index in [1.165, 1.54) is 16.0 Å². The molecule has 2 N–H and O–H groups in total. The highest BCUT2D eigenvalue weighted by Crippen LogP contribution is 2.33. The number of carbonyl (C=O) groups is 2. The number of anilines is 1. The van der Waals surface area contributed by atoms with Crippen LogP contribution in [0.4, 0.5) is 5.13 Å². The molecule has 3 aromatic rings. The van der Waals surface area contributed by atoms with Crippen LogP contribution in [0.25, 0.3) is 11.3 Å². The van der Waals surface area contributed by atoms with E-state index < -0.39 is 0 Å². The van der Waals surface area contributed by atoms with Crippen LogP contribution in [0.2, 0.25) is 0 Å². The highest BCUT2D eigenvalue weighted by molar-refractivity contribution is 7.17. The molecule has 0 bridgehead atoms. The SMILES string of the molecule is COc1ccc(OC)c(-c2cc(C(=O)Nc3nc4c(s3)C(=O)NCCC4)n(C)n2)c1. The van der Waals surface area contributed by atoms with E-state index in [1.54, 1.807) is 45.5 Å². The average Bonchev–Trinajstić information content (AvgIpc) is 3.29. The first-order chi connectivity index (χ1) is 14.5. The lowest BCUT2D eigenvalue weighted by molar-refractivity contribution is 0.0958. The van der Waals surface area contributed by atoms with Gasteiger partial charge in [0, 0.05) is 19.2 Å². The molecule has 0 spiro atoms. The normalized spacial score (nSPS) is 13.2. The van der Waals surface area contributed by atoms with Gasteiger partial charge in [-0.3, -0.25) is 19.6 Å². The molecule has 0 radical (unpaired) electrons. The van der Waals surface area contributed by atoms with Gasteiger partial charge < -0.3 is 14.8 Å². The van der Waals surface area contributed by atoms with E-state index in [0.717, 1.165) is 12.1 Å². The van der Waals surface area contributed by atoms with Crippen molar-refractivity contribution in [3.8, 4) is 22.8 Å². The lowest BCUT2D eigenvalue weighted by Gasteiger charge is -2.08. The Kier molecular flexibility index (Phi) is 5.40. The standard InChI is InChI=1S/C20H21N5O4S/c1-25-15(10-14(24-25)12-9-11(28-2)6-7-16(12)29-3)18(26)23-20-22-13-5-4-8-21-19(27)17(13)30-20/h6-7,9-10H,4-5,8H2,1-3H3,(H,21,27)(H,22,23,26). The second kappa shape index (κ2) is 8.15. The fourth-order valence-corrected chi connectivity index (χ4v) is 4.20. The number of ether oxygens (including phenoxy) is 2. The van der Waals surface area contributed by atoms with Gasteiger partial charge in [0.2, 0.25) is 0 Å². The van der Waals surface area contributed by atoms with Crippen molar-refractivity contribution in [2.24, 2.45) is 7.05 Å². The van der Waals surface area contributed by atoms with Gasteiger partial charge in [-0.1, -0.05) is 11.3 Å². The fraction of sp³-hybridized carbons (Fsp3) is 0.300. The van der Waals surface area contributed by atoms with Crippen LogP contribution in [-0.4, -0.2) is 47.3 Å². The summed E-state index contributed by atoms with van der Waals surface area (Å²) in [5, 5.41) is 10.5. The van der Waals surface area contributed by atoms with E-state index in [2.05, 4.69) is 20.7 Å². The zero-order valence-corrected chi connectivity index (χ0v) is 17.6. The number of rotatable bonds is 5. The van der Waals surface area contributed by atoms with Gasteiger partial charge in [0.15, 0.2) is 5.13 Å². The molecule has 1 aromatic carbocycles. The number of benzene rings is 1. The first-order valence-electron chi connectivity index (χ1n) is 9.36. The molecule has 0 fully saturated rings. The summed E-state index contributed by atoms with van der Waals surface area (Å²) in [6.07, 6.45) is 1.52. The summed E-state index contributed by atoms with van der Waals surface area (Å²) in [6, 6.07) is 7.06. The van der Waals surface area contributed by atoms with Crippen molar-refractivity contribution in [1.29, 1.82) is 0 Å². The molecule has 0 atom stereocenters. The van der Waals surface area contributed by atoms with Gasteiger partial charge in [-0.25, -0.2) is 4.98 Å². The Morgan fingerprint density at radius 2 is 2.10 bits per heavy atom. The van der Waals surface area contributed by atoms with Crippen LogP contribution in [0.15, 0.2) is 24.3 Å². The highest BCUT2D eigenvalue weighted by Gasteiger charge is 2.23. The molecule has 1 aliphatic heterocycles. The van der Waals surface area contributed by atoms with Crippen LogP contribution in [0.1, 0.15) is 32.3 Å². The van der Waals surface area contributed by atoms with Crippen LogP contribution in [0, 0.1) is 0 Å². The lowest BCUT2D eigenvalue weighted by atomic mass is 10.1. The Bertz CT molecular complexity index is 1120. The predicted molar refractivity (Wildman–Crippen MR) is 112 cm³/mol. The van der Waals surface area contributed by atoms with E-state index >= 15 is 0 Å². The number of aryl methyl sites for hydroxylation is 2. The minimum Gasteiger partial charge on any atom is -0.497 e. The van der Waals surface area contributed by atoms with Crippen molar-refractivity contribution in [3.05, 3.63) is 40.5 Å². The van der Waals surface area contributed by atoms with Crippen molar-refractivity contribution >= 4 is 28.3 Å². The number of hydrogen-bond acceptors (Lipinski definition) is 7. The molecule has 2 amide bonds. The van der Waals surface area contributed by atoms with Gasteiger partial charge in [-0.05, 0) is 37.1 Å². The molecule has 9 nitrogen and oxygen atoms in total. The molecule has 3 heterocycles. The number of amides is 2. The molecular weight excluding hydrogens is 406 g/mol. The van der Waals surface area contributed by atoms with Gasteiger partial charge in [0.05, 0.1) is 25.6 Å². The number of thiazole rings is 1. The monoisotopic (exact) mass is 427 g/mol. The van der Waals surface area contributed by atoms with E-state index in [-0.39, 0.29) is 11.8 Å². The van der Waals surface area contributed by atoms with Crippen molar-refractivity contribution in [2.75, 3.05) is 26.1 Å². The molecule has 1 aliphatic rings. The first kappa shape index (κ1) is 19.9. The van der Waals surface area contributed by atoms with Gasteiger partial charge in [0.1, 0.15) is 22.1 Å². The predicted octanol–water partition coefficient (Wildman–Crippen LogP) is 2.49. The quantitative estimate of drug-likeness (QED) is 0.648. The average molecular weight is 427 g/mol. The topological polar surface area (TPSA) is 107 Å². The van der Waals surface area contributed by atoms with E-state index in [1.807, 2.05) is 0 Å². The second-order valence-electron chi connectivity index (χ2n) is 6.71. The molecular formula is C20H21N5O4S. The summed E-state index contributed by atoms with van der Waals surface area (Å²) in [7, 11) is 4.85. The fourth-order valence-electron chi connectivity index (χ4n) is 3.28. The van der Waals surface area contributed by atoms with Crippen LogP contribution in [0.3, 0.4) is 0 Å². The third-order valence-corrected chi connectivity index (χ3v) is 5.81. The molecule has 2 aromatic heterocycles. The van der Waals surface area contributed by atoms with Crippen molar-refractivity contribution in [2.45, 2.75) is 12.8 Å². The Morgan fingerprint density at radius 1 is 1.27 bits per heavy atom. The van der Waals surface area contributed by atoms with E-state index in [0.29, 0.717) is 51.4 Å². The molecule has 156 valence electrons. The zero-order valence-electron chi connectivity index (χ0n) is 16.8. The second-order valence-corrected chi connectivity index (χ2v) is 7.71. The molecule has 30 heavy (non-hydrogen) atoms. The summed E-state index contributed by atoms with van der Waals surface area (Å²) < 4.78 is 12.2. The van der Waals surface area contributed by atoms with Gasteiger partial charge in [0.25, 0.3) is 11.8 Å². The van der Waals surface area contributed by atoms with Crippen LogP contribution >= 0.6 is 11.3 Å². The maximum absolute atomic E-state index is 12.9. The largest absolute Gasteiger partial charge is 0.497 e. The van der Waals surface area contributed by atoms with Gasteiger partial charge in [-0.2, -0.15) is 5.10 Å². The van der Waals surface area contributed by atoms with Crippen LogP contribution in [-0.2, 0) is 13.5 Å². The number of nitrogens with zero attached hydrogens (tertiary/aromatic N) is 3. The van der Waals surface area contributed by atoms with Gasteiger partial charge >= 0.3 is 0 Å². The number of aromatic nitrogens is 3. The highest BCUT2D eigenvalue weighted by atomic mass is 32.1. The minimum atomic E-state index is -0.359. The van der Waals surface area contributed by atoms with E-state index in [9.17, 15) is 9.59 Å². The van der Waals surface area contributed by atoms with E-state index in [4.69, 9.17) is 9.47 Å². The van der Waals surface area contributed by atoms with Crippen molar-refractivity contribution in [1.82, 2.24) is 20.1 Å². The maximum atomic E-state index is 12.9. The summed E-state index contributed by atoms with van der Waals surface area (Å²) in [5.74, 6) is 0.774. The summed E-state index contributed by atoms with van der Waals surface area (Å²) in [6.45, 7) is 0.634. The lowest BCUT2D eigenvalue weighted by Crippen LogP contribution is -2.21. The number of nitrogens with one attached hydrogen (secondary N) is 2. The smallest absolute Gasteiger partial charge is 0.275 e.